The van der Waals surface area contributed by atoms with Crippen molar-refractivity contribution < 1.29 is 31.1 Å². The number of rotatable bonds is 6. The van der Waals surface area contributed by atoms with E-state index >= 15 is 0 Å². The maximum Gasteiger partial charge on any atom is 0.416 e. The van der Waals surface area contributed by atoms with E-state index in [0.29, 0.717) is 24.3 Å². The van der Waals surface area contributed by atoms with Gasteiger partial charge in [0.1, 0.15) is 0 Å². The van der Waals surface area contributed by atoms with Crippen molar-refractivity contribution in [1.82, 2.24) is 15.2 Å². The summed E-state index contributed by atoms with van der Waals surface area (Å²) in [6.45, 7) is 2.04. The summed E-state index contributed by atoms with van der Waals surface area (Å²) in [4.78, 5) is 17.6. The summed E-state index contributed by atoms with van der Waals surface area (Å²) in [7, 11) is -2.78. The molecule has 0 aliphatic rings. The van der Waals surface area contributed by atoms with E-state index in [0.717, 1.165) is 17.2 Å². The molecule has 13 heteroatoms. The van der Waals surface area contributed by atoms with Crippen LogP contribution < -0.4 is 9.64 Å². The molecule has 0 unspecified atom stereocenters. The molecule has 0 bridgehead atoms. The van der Waals surface area contributed by atoms with Gasteiger partial charge in [0, 0.05) is 36.2 Å². The average molecular weight is 515 g/mol. The molecule has 34 heavy (non-hydrogen) atoms. The molecule has 3 aromatic rings. The van der Waals surface area contributed by atoms with Crippen molar-refractivity contribution in [2.24, 2.45) is 0 Å². The molecule has 0 radical (unpaired) electrons. The predicted octanol–water partition coefficient (Wildman–Crippen LogP) is 4.29. The lowest BCUT2D eigenvalue weighted by Crippen LogP contribution is -2.28. The first-order valence-electron chi connectivity index (χ1n) is 9.64. The Morgan fingerprint density at radius 3 is 2.47 bits per heavy atom. The quantitative estimate of drug-likeness (QED) is 0.483. The summed E-state index contributed by atoms with van der Waals surface area (Å²) in [6, 6.07) is 6.58. The van der Waals surface area contributed by atoms with Gasteiger partial charge < -0.3 is 4.74 Å². The summed E-state index contributed by atoms with van der Waals surface area (Å²) in [5, 5.41) is 7.67. The first kappa shape index (κ1) is 25.4. The largest absolute Gasteiger partial charge is 0.478 e. The summed E-state index contributed by atoms with van der Waals surface area (Å²) >= 11 is 6.01. The molecule has 0 spiro atoms. The van der Waals surface area contributed by atoms with E-state index in [2.05, 4.69) is 15.2 Å². The third-order valence-electron chi connectivity index (χ3n) is 4.62. The van der Waals surface area contributed by atoms with Gasteiger partial charge in [-0.2, -0.15) is 13.2 Å². The topological polar surface area (TPSA) is 102 Å². The van der Waals surface area contributed by atoms with Crippen LogP contribution >= 0.6 is 11.6 Å². The number of alkyl halides is 3. The van der Waals surface area contributed by atoms with Gasteiger partial charge >= 0.3 is 6.18 Å². The number of carbonyl (C=O) groups is 1. The van der Waals surface area contributed by atoms with Crippen LogP contribution in [0.5, 0.6) is 5.88 Å². The molecular formula is C21H18ClF3N4O4S. The molecule has 0 aliphatic heterocycles. The highest BCUT2D eigenvalue weighted by Gasteiger charge is 2.33. The Hall–Kier alpha value is -3.25. The van der Waals surface area contributed by atoms with E-state index < -0.39 is 37.9 Å². The molecule has 0 saturated heterocycles. The molecule has 0 saturated carbocycles. The van der Waals surface area contributed by atoms with Crippen LogP contribution in [0.1, 0.15) is 22.8 Å². The number of aromatic nitrogens is 3. The minimum Gasteiger partial charge on any atom is -0.478 e. The van der Waals surface area contributed by atoms with Crippen LogP contribution in [0, 0.1) is 0 Å². The van der Waals surface area contributed by atoms with Crippen LogP contribution in [0.3, 0.4) is 0 Å². The minimum atomic E-state index is -4.87. The second kappa shape index (κ2) is 9.55. The fourth-order valence-electron chi connectivity index (χ4n) is 3.05. The number of pyridine rings is 1. The Morgan fingerprint density at radius 2 is 1.85 bits per heavy atom. The third-order valence-corrected chi connectivity index (χ3v) is 5.89. The van der Waals surface area contributed by atoms with E-state index in [1.54, 1.807) is 19.1 Å². The Morgan fingerprint density at radius 1 is 1.15 bits per heavy atom. The molecule has 0 N–H and O–H groups in total. The van der Waals surface area contributed by atoms with E-state index in [9.17, 15) is 26.4 Å². The molecular weight excluding hydrogens is 497 g/mol. The maximum absolute atomic E-state index is 13.4. The molecule has 0 fully saturated rings. The smallest absolute Gasteiger partial charge is 0.416 e. The lowest BCUT2D eigenvalue weighted by molar-refractivity contribution is -0.137. The minimum absolute atomic E-state index is 0.00988. The van der Waals surface area contributed by atoms with Crippen LogP contribution in [-0.4, -0.2) is 49.4 Å². The monoisotopic (exact) mass is 514 g/mol. The highest BCUT2D eigenvalue weighted by molar-refractivity contribution is 7.90. The van der Waals surface area contributed by atoms with E-state index in [4.69, 9.17) is 16.3 Å². The van der Waals surface area contributed by atoms with Gasteiger partial charge in [-0.05, 0) is 43.3 Å². The van der Waals surface area contributed by atoms with Gasteiger partial charge in [0.15, 0.2) is 20.8 Å². The van der Waals surface area contributed by atoms with Crippen molar-refractivity contribution in [2.45, 2.75) is 18.0 Å². The molecule has 1 amide bonds. The normalized spacial score (nSPS) is 11.9. The standard InChI is InChI=1S/C21H18ClF3N4O4S/c1-4-33-19-15(6-5-7-26-19)16-11-17(22)27-28-18(16)29(2)20(30)12-8-13(21(23,24)25)10-14(9-12)34(3,31)32/h5-11H,4H2,1-3H3. The van der Waals surface area contributed by atoms with Gasteiger partial charge in [0.05, 0.1) is 17.1 Å². The Balaban J connectivity index is 2.16. The second-order valence-electron chi connectivity index (χ2n) is 7.07. The number of anilines is 1. The van der Waals surface area contributed by atoms with Crippen molar-refractivity contribution in [1.29, 1.82) is 0 Å². The number of halogens is 4. The highest BCUT2D eigenvalue weighted by Crippen LogP contribution is 2.36. The van der Waals surface area contributed by atoms with Crippen LogP contribution in [0.15, 0.2) is 47.5 Å². The second-order valence-corrected chi connectivity index (χ2v) is 9.48. The Bertz CT molecular complexity index is 1350. The molecule has 2 aromatic heterocycles. The molecule has 0 aliphatic carbocycles. The van der Waals surface area contributed by atoms with Gasteiger partial charge in [-0.3, -0.25) is 9.69 Å². The number of ether oxygens (including phenoxy) is 1. The van der Waals surface area contributed by atoms with Crippen molar-refractivity contribution in [3.63, 3.8) is 0 Å². The fraction of sp³-hybridized carbons (Fsp3) is 0.238. The van der Waals surface area contributed by atoms with E-state index in [1.165, 1.54) is 19.3 Å². The molecule has 3 rings (SSSR count). The van der Waals surface area contributed by atoms with Gasteiger partial charge in [0.25, 0.3) is 5.91 Å². The van der Waals surface area contributed by atoms with Gasteiger partial charge in [-0.25, -0.2) is 13.4 Å². The van der Waals surface area contributed by atoms with Crippen LogP contribution in [0.2, 0.25) is 5.15 Å². The van der Waals surface area contributed by atoms with Crippen molar-refractivity contribution in [3.05, 3.63) is 58.9 Å². The van der Waals surface area contributed by atoms with E-state index in [1.807, 2.05) is 0 Å². The molecule has 180 valence electrons. The van der Waals surface area contributed by atoms with Crippen LogP contribution in [0.25, 0.3) is 11.1 Å². The predicted molar refractivity (Wildman–Crippen MR) is 119 cm³/mol. The zero-order chi connectivity index (χ0) is 25.3. The van der Waals surface area contributed by atoms with E-state index in [-0.39, 0.29) is 22.4 Å². The number of carbonyl (C=O) groups excluding carboxylic acids is 1. The zero-order valence-electron chi connectivity index (χ0n) is 18.1. The van der Waals surface area contributed by atoms with Gasteiger partial charge in [-0.1, -0.05) is 11.6 Å². The summed E-state index contributed by atoms with van der Waals surface area (Å²) < 4.78 is 69.6. The zero-order valence-corrected chi connectivity index (χ0v) is 19.7. The number of nitrogens with zero attached hydrogens (tertiary/aromatic N) is 4. The molecule has 1 aromatic carbocycles. The lowest BCUT2D eigenvalue weighted by atomic mass is 10.1. The number of hydrogen-bond donors (Lipinski definition) is 0. The van der Waals surface area contributed by atoms with Gasteiger partial charge in [-0.15, -0.1) is 10.2 Å². The SMILES string of the molecule is CCOc1ncccc1-c1cc(Cl)nnc1N(C)C(=O)c1cc(C(F)(F)F)cc(S(C)(=O)=O)c1. The number of hydrogen-bond acceptors (Lipinski definition) is 7. The van der Waals surface area contributed by atoms with Gasteiger partial charge in [0.2, 0.25) is 5.88 Å². The number of sulfone groups is 1. The summed E-state index contributed by atoms with van der Waals surface area (Å²) in [5.74, 6) is -0.785. The van der Waals surface area contributed by atoms with Crippen LogP contribution in [-0.2, 0) is 16.0 Å². The first-order valence-corrected chi connectivity index (χ1v) is 11.9. The lowest BCUT2D eigenvalue weighted by Gasteiger charge is -2.21. The maximum atomic E-state index is 13.4. The third kappa shape index (κ3) is 5.45. The van der Waals surface area contributed by atoms with Crippen molar-refractivity contribution in [2.75, 3.05) is 24.8 Å². The fourth-order valence-corrected chi connectivity index (χ4v) is 3.87. The van der Waals surface area contributed by atoms with Crippen LogP contribution in [0.4, 0.5) is 19.0 Å². The number of amides is 1. The van der Waals surface area contributed by atoms with Crippen molar-refractivity contribution in [3.8, 4) is 17.0 Å². The first-order chi connectivity index (χ1) is 15.8. The molecule has 8 nitrogen and oxygen atoms in total. The summed E-state index contributed by atoms with van der Waals surface area (Å²) in [6.07, 6.45) is -2.63. The van der Waals surface area contributed by atoms with Crippen molar-refractivity contribution >= 4 is 33.2 Å². The Kier molecular flexibility index (Phi) is 7.13. The number of benzene rings is 1. The highest BCUT2D eigenvalue weighted by atomic mass is 35.5. The Labute approximate surface area is 198 Å². The molecule has 0 atom stereocenters. The average Bonchev–Trinajstić information content (AvgIpc) is 2.77. The summed E-state index contributed by atoms with van der Waals surface area (Å²) in [5.41, 5.74) is -1.09. The molecule has 2 heterocycles.